The molecule has 3 aromatic rings. The fourth-order valence-electron chi connectivity index (χ4n) is 2.27. The van der Waals surface area contributed by atoms with Crippen molar-refractivity contribution in [1.29, 1.82) is 0 Å². The van der Waals surface area contributed by atoms with Crippen LogP contribution in [0.1, 0.15) is 17.4 Å². The van der Waals surface area contributed by atoms with Crippen molar-refractivity contribution in [1.82, 2.24) is 5.43 Å². The van der Waals surface area contributed by atoms with Gasteiger partial charge in [0.2, 0.25) is 0 Å². The zero-order chi connectivity index (χ0) is 15.0. The molecule has 0 bridgehead atoms. The van der Waals surface area contributed by atoms with E-state index in [1.54, 1.807) is 36.4 Å². The molecule has 3 rings (SSSR count). The van der Waals surface area contributed by atoms with E-state index >= 15 is 0 Å². The minimum Gasteiger partial charge on any atom is -0.456 e. The molecule has 3 nitrogen and oxygen atoms in total. The van der Waals surface area contributed by atoms with Crippen LogP contribution in [0.4, 0.5) is 4.39 Å². The molecular weight excluding hydrogens is 314 g/mol. The molecule has 1 aromatic heterocycles. The lowest BCUT2D eigenvalue weighted by Crippen LogP contribution is -2.28. The van der Waals surface area contributed by atoms with Crippen molar-refractivity contribution in [3.8, 4) is 0 Å². The van der Waals surface area contributed by atoms with E-state index in [1.807, 2.05) is 0 Å². The van der Waals surface area contributed by atoms with Crippen LogP contribution in [0.15, 0.2) is 46.9 Å². The molecule has 0 fully saturated rings. The Morgan fingerprint density at radius 1 is 1.10 bits per heavy atom. The van der Waals surface area contributed by atoms with Crippen molar-refractivity contribution in [3.63, 3.8) is 0 Å². The maximum absolute atomic E-state index is 13.7. The van der Waals surface area contributed by atoms with E-state index in [-0.39, 0.29) is 5.58 Å². The highest BCUT2D eigenvalue weighted by atomic mass is 35.5. The molecule has 1 atom stereocenters. The summed E-state index contributed by atoms with van der Waals surface area (Å²) in [5, 5.41) is 1.64. The fourth-order valence-corrected chi connectivity index (χ4v) is 2.82. The summed E-state index contributed by atoms with van der Waals surface area (Å²) in [6, 6.07) is 11.1. The molecule has 0 amide bonds. The Hall–Kier alpha value is -1.59. The lowest BCUT2D eigenvalue weighted by Gasteiger charge is -2.14. The Bertz CT molecular complexity index is 783. The normalized spacial score (nSPS) is 12.8. The molecule has 2 aromatic carbocycles. The van der Waals surface area contributed by atoms with Crippen LogP contribution in [0.5, 0.6) is 0 Å². The third-order valence-electron chi connectivity index (χ3n) is 3.18. The predicted molar refractivity (Wildman–Crippen MR) is 81.8 cm³/mol. The number of furan rings is 1. The minimum absolute atomic E-state index is 0.195. The van der Waals surface area contributed by atoms with Gasteiger partial charge in [-0.3, -0.25) is 5.84 Å². The standard InChI is InChI=1S/C15H11Cl2FN2O/c16-10-4-9(5-11(17)7-10)14(20-19)13-6-8-2-1-3-12(18)15(8)21-13/h1-7,14,20H,19H2. The van der Waals surface area contributed by atoms with Crippen molar-refractivity contribution in [2.24, 2.45) is 5.84 Å². The van der Waals surface area contributed by atoms with Crippen LogP contribution in [-0.4, -0.2) is 0 Å². The van der Waals surface area contributed by atoms with Gasteiger partial charge in [-0.1, -0.05) is 35.3 Å². The first kappa shape index (κ1) is 14.4. The number of halogens is 3. The van der Waals surface area contributed by atoms with Crippen LogP contribution >= 0.6 is 23.2 Å². The quantitative estimate of drug-likeness (QED) is 0.553. The molecule has 0 aliphatic heterocycles. The average molecular weight is 325 g/mol. The van der Waals surface area contributed by atoms with Crippen molar-refractivity contribution in [2.45, 2.75) is 6.04 Å². The molecule has 0 aliphatic carbocycles. The summed E-state index contributed by atoms with van der Waals surface area (Å²) in [6.07, 6.45) is 0. The number of nitrogens with two attached hydrogens (primary N) is 1. The van der Waals surface area contributed by atoms with Gasteiger partial charge >= 0.3 is 0 Å². The average Bonchev–Trinajstić information content (AvgIpc) is 2.83. The second kappa shape index (κ2) is 5.66. The zero-order valence-electron chi connectivity index (χ0n) is 10.7. The molecule has 0 aliphatic rings. The summed E-state index contributed by atoms with van der Waals surface area (Å²) >= 11 is 12.0. The van der Waals surface area contributed by atoms with Crippen LogP contribution in [-0.2, 0) is 0 Å². The van der Waals surface area contributed by atoms with Gasteiger partial charge in [0.05, 0.1) is 0 Å². The molecule has 1 unspecified atom stereocenters. The van der Waals surface area contributed by atoms with E-state index < -0.39 is 11.9 Å². The number of benzene rings is 2. The van der Waals surface area contributed by atoms with Crippen LogP contribution in [0.2, 0.25) is 10.0 Å². The van der Waals surface area contributed by atoms with Crippen molar-refractivity contribution < 1.29 is 8.81 Å². The number of hydrogen-bond acceptors (Lipinski definition) is 3. The second-order valence-corrected chi connectivity index (χ2v) is 5.48. The van der Waals surface area contributed by atoms with Crippen LogP contribution in [0, 0.1) is 5.82 Å². The van der Waals surface area contributed by atoms with Gasteiger partial charge in [-0.25, -0.2) is 9.82 Å². The van der Waals surface area contributed by atoms with E-state index in [9.17, 15) is 4.39 Å². The fraction of sp³-hybridized carbons (Fsp3) is 0.0667. The third-order valence-corrected chi connectivity index (χ3v) is 3.62. The second-order valence-electron chi connectivity index (χ2n) is 4.61. The zero-order valence-corrected chi connectivity index (χ0v) is 12.3. The highest BCUT2D eigenvalue weighted by molar-refractivity contribution is 6.34. The van der Waals surface area contributed by atoms with Gasteiger partial charge in [-0.15, -0.1) is 0 Å². The molecule has 1 heterocycles. The minimum atomic E-state index is -0.479. The molecule has 3 N–H and O–H groups in total. The van der Waals surface area contributed by atoms with Crippen molar-refractivity contribution >= 4 is 34.2 Å². The Labute approximate surface area is 130 Å². The van der Waals surface area contributed by atoms with Crippen LogP contribution in [0.25, 0.3) is 11.0 Å². The van der Waals surface area contributed by atoms with Gasteiger partial charge < -0.3 is 4.42 Å². The molecular formula is C15H11Cl2FN2O. The van der Waals surface area contributed by atoms with Gasteiger partial charge in [0.15, 0.2) is 11.4 Å². The lowest BCUT2D eigenvalue weighted by atomic mass is 10.0. The van der Waals surface area contributed by atoms with Gasteiger partial charge in [0, 0.05) is 15.4 Å². The van der Waals surface area contributed by atoms with Crippen molar-refractivity contribution in [2.75, 3.05) is 0 Å². The maximum atomic E-state index is 13.7. The summed E-state index contributed by atoms with van der Waals surface area (Å²) < 4.78 is 19.3. The topological polar surface area (TPSA) is 51.2 Å². The van der Waals surface area contributed by atoms with Crippen LogP contribution < -0.4 is 11.3 Å². The van der Waals surface area contributed by atoms with E-state index in [2.05, 4.69) is 5.43 Å². The van der Waals surface area contributed by atoms with E-state index in [1.165, 1.54) is 6.07 Å². The molecule has 6 heteroatoms. The van der Waals surface area contributed by atoms with E-state index in [0.29, 0.717) is 21.2 Å². The van der Waals surface area contributed by atoms with Gasteiger partial charge in [0.1, 0.15) is 11.8 Å². The molecule has 0 spiro atoms. The maximum Gasteiger partial charge on any atom is 0.169 e. The van der Waals surface area contributed by atoms with E-state index in [0.717, 1.165) is 5.56 Å². The Morgan fingerprint density at radius 2 is 1.81 bits per heavy atom. The largest absolute Gasteiger partial charge is 0.456 e. The summed E-state index contributed by atoms with van der Waals surface area (Å²) in [4.78, 5) is 0. The summed E-state index contributed by atoms with van der Waals surface area (Å²) in [5.41, 5.74) is 3.56. The van der Waals surface area contributed by atoms with Gasteiger partial charge in [-0.2, -0.15) is 0 Å². The molecule has 21 heavy (non-hydrogen) atoms. The number of nitrogens with one attached hydrogen (secondary N) is 1. The number of fused-ring (bicyclic) bond motifs is 1. The molecule has 0 saturated heterocycles. The van der Waals surface area contributed by atoms with Crippen LogP contribution in [0.3, 0.4) is 0 Å². The first-order valence-electron chi connectivity index (χ1n) is 6.18. The first-order chi connectivity index (χ1) is 10.1. The van der Waals surface area contributed by atoms with Crippen molar-refractivity contribution in [3.05, 3.63) is 69.7 Å². The Morgan fingerprint density at radius 3 is 2.43 bits per heavy atom. The summed E-state index contributed by atoms with van der Waals surface area (Å²) in [6.45, 7) is 0. The summed E-state index contributed by atoms with van der Waals surface area (Å²) in [5.74, 6) is 5.67. The molecule has 0 saturated carbocycles. The number of hydrazine groups is 1. The third kappa shape index (κ3) is 2.76. The Kier molecular flexibility index (Phi) is 3.87. The van der Waals surface area contributed by atoms with E-state index in [4.69, 9.17) is 33.5 Å². The smallest absolute Gasteiger partial charge is 0.169 e. The van der Waals surface area contributed by atoms with Gasteiger partial charge in [0.25, 0.3) is 0 Å². The van der Waals surface area contributed by atoms with Gasteiger partial charge in [-0.05, 0) is 35.9 Å². The SMILES string of the molecule is NNC(c1cc(Cl)cc(Cl)c1)c1cc2cccc(F)c2o1. The first-order valence-corrected chi connectivity index (χ1v) is 6.94. The highest BCUT2D eigenvalue weighted by Crippen LogP contribution is 2.31. The highest BCUT2D eigenvalue weighted by Gasteiger charge is 2.19. The number of hydrogen-bond donors (Lipinski definition) is 2. The monoisotopic (exact) mass is 324 g/mol. The lowest BCUT2D eigenvalue weighted by molar-refractivity contribution is 0.465. The molecule has 108 valence electrons. The number of para-hydroxylation sites is 1. The Balaban J connectivity index is 2.11. The summed E-state index contributed by atoms with van der Waals surface area (Å²) in [7, 11) is 0. The predicted octanol–water partition coefficient (Wildman–Crippen LogP) is 4.43. The molecule has 0 radical (unpaired) electrons. The number of rotatable bonds is 3.